The highest BCUT2D eigenvalue weighted by molar-refractivity contribution is 5.91. The molecule has 0 fully saturated rings. The van der Waals surface area contributed by atoms with Crippen molar-refractivity contribution in [1.82, 2.24) is 4.90 Å². The van der Waals surface area contributed by atoms with Gasteiger partial charge in [-0.05, 0) is 55.9 Å². The van der Waals surface area contributed by atoms with Crippen molar-refractivity contribution in [3.63, 3.8) is 0 Å². The Morgan fingerprint density at radius 2 is 2.05 bits per heavy atom. The molecule has 1 aliphatic carbocycles. The summed E-state index contributed by atoms with van der Waals surface area (Å²) in [5.41, 5.74) is 3.36. The van der Waals surface area contributed by atoms with Crippen LogP contribution in [0.25, 0.3) is 0 Å². The van der Waals surface area contributed by atoms with E-state index in [-0.39, 0.29) is 18.6 Å². The van der Waals surface area contributed by atoms with Crippen LogP contribution < -0.4 is 5.32 Å². The summed E-state index contributed by atoms with van der Waals surface area (Å²) in [5.74, 6) is -1.00. The molecule has 0 saturated carbocycles. The average Bonchev–Trinajstić information content (AvgIpc) is 2.91. The van der Waals surface area contributed by atoms with E-state index in [1.54, 1.807) is 0 Å². The molecular weight excluding hydrogens is 268 g/mol. The second-order valence-electron chi connectivity index (χ2n) is 5.55. The number of carboxylic acid groups (broad SMARTS) is 1. The summed E-state index contributed by atoms with van der Waals surface area (Å²) >= 11 is 0. The minimum Gasteiger partial charge on any atom is -0.480 e. The minimum atomic E-state index is -1.00. The highest BCUT2D eigenvalue weighted by atomic mass is 16.4. The Morgan fingerprint density at radius 1 is 1.33 bits per heavy atom. The first-order valence-electron chi connectivity index (χ1n) is 7.42. The predicted molar refractivity (Wildman–Crippen MR) is 81.6 cm³/mol. The third kappa shape index (κ3) is 3.74. The molecule has 1 aromatic carbocycles. The van der Waals surface area contributed by atoms with E-state index in [0.29, 0.717) is 6.42 Å². The van der Waals surface area contributed by atoms with Crippen LogP contribution in [0.2, 0.25) is 0 Å². The summed E-state index contributed by atoms with van der Waals surface area (Å²) in [4.78, 5) is 24.6. The number of amides is 2. The Balaban J connectivity index is 2.09. The monoisotopic (exact) mass is 290 g/mol. The molecule has 1 atom stereocenters. The van der Waals surface area contributed by atoms with Crippen LogP contribution in [-0.4, -0.2) is 34.6 Å². The van der Waals surface area contributed by atoms with Gasteiger partial charge in [-0.1, -0.05) is 13.0 Å². The van der Waals surface area contributed by atoms with Gasteiger partial charge in [-0.25, -0.2) is 4.79 Å². The first-order valence-corrected chi connectivity index (χ1v) is 7.42. The summed E-state index contributed by atoms with van der Waals surface area (Å²) < 4.78 is 0. The van der Waals surface area contributed by atoms with Gasteiger partial charge < -0.3 is 15.3 Å². The van der Waals surface area contributed by atoms with Gasteiger partial charge in [0.05, 0.1) is 0 Å². The van der Waals surface area contributed by atoms with E-state index in [0.717, 1.165) is 24.9 Å². The normalized spacial score (nSPS) is 14.4. The molecule has 0 bridgehead atoms. The van der Waals surface area contributed by atoms with E-state index in [9.17, 15) is 9.59 Å². The van der Waals surface area contributed by atoms with Gasteiger partial charge in [0.25, 0.3) is 0 Å². The number of nitrogens with one attached hydrogen (secondary N) is 1. The molecule has 2 rings (SSSR count). The van der Waals surface area contributed by atoms with Gasteiger partial charge in [-0.3, -0.25) is 4.79 Å². The number of fused-ring (bicyclic) bond motifs is 1. The van der Waals surface area contributed by atoms with Gasteiger partial charge in [-0.2, -0.15) is 0 Å². The molecule has 0 aromatic heterocycles. The van der Waals surface area contributed by atoms with Crippen molar-refractivity contribution in [2.24, 2.45) is 0 Å². The van der Waals surface area contributed by atoms with E-state index >= 15 is 0 Å². The van der Waals surface area contributed by atoms with E-state index in [2.05, 4.69) is 5.32 Å². The number of aliphatic carboxylic acids is 1. The fourth-order valence-corrected chi connectivity index (χ4v) is 2.64. The largest absolute Gasteiger partial charge is 0.480 e. The highest BCUT2D eigenvalue weighted by Gasteiger charge is 2.22. The van der Waals surface area contributed by atoms with Gasteiger partial charge in [0.15, 0.2) is 0 Å². The lowest BCUT2D eigenvalue weighted by molar-refractivity contribution is -0.138. The van der Waals surface area contributed by atoms with Crippen molar-refractivity contribution in [2.45, 2.75) is 45.6 Å². The molecule has 0 heterocycles. The van der Waals surface area contributed by atoms with Crippen LogP contribution >= 0.6 is 0 Å². The van der Waals surface area contributed by atoms with E-state index in [4.69, 9.17) is 5.11 Å². The summed E-state index contributed by atoms with van der Waals surface area (Å²) in [5, 5.41) is 11.8. The van der Waals surface area contributed by atoms with Crippen molar-refractivity contribution in [1.29, 1.82) is 0 Å². The van der Waals surface area contributed by atoms with Gasteiger partial charge in [-0.15, -0.1) is 0 Å². The number of carbonyl (C=O) groups excluding carboxylic acids is 1. The number of aryl methyl sites for hydroxylation is 2. The summed E-state index contributed by atoms with van der Waals surface area (Å²) in [6.45, 7) is 3.50. The quantitative estimate of drug-likeness (QED) is 0.876. The third-order valence-electron chi connectivity index (χ3n) is 4.04. The average molecular weight is 290 g/mol. The third-order valence-corrected chi connectivity index (χ3v) is 4.04. The molecule has 1 aliphatic rings. The molecule has 2 amide bonds. The van der Waals surface area contributed by atoms with Crippen LogP contribution in [0.15, 0.2) is 18.2 Å². The molecule has 0 spiro atoms. The van der Waals surface area contributed by atoms with Crippen LogP contribution in [-0.2, 0) is 17.6 Å². The Morgan fingerprint density at radius 3 is 2.71 bits per heavy atom. The number of carboxylic acids is 1. The molecule has 1 aromatic rings. The lowest BCUT2D eigenvalue weighted by Gasteiger charge is -2.27. The Kier molecular flexibility index (Phi) is 4.83. The molecule has 1 unspecified atom stereocenters. The maximum Gasteiger partial charge on any atom is 0.323 e. The SMILES string of the molecule is CCC(C)N(CC(=O)O)C(=O)Nc1ccc2c(c1)CCC2. The Hall–Kier alpha value is -2.04. The van der Waals surface area contributed by atoms with Crippen LogP contribution in [0.3, 0.4) is 0 Å². The second kappa shape index (κ2) is 6.61. The molecule has 114 valence electrons. The van der Waals surface area contributed by atoms with Crippen LogP contribution in [0.1, 0.15) is 37.8 Å². The van der Waals surface area contributed by atoms with Gasteiger partial charge in [0, 0.05) is 11.7 Å². The number of anilines is 1. The van der Waals surface area contributed by atoms with E-state index in [1.165, 1.54) is 16.0 Å². The smallest absolute Gasteiger partial charge is 0.323 e. The fourth-order valence-electron chi connectivity index (χ4n) is 2.64. The first-order chi connectivity index (χ1) is 10.0. The van der Waals surface area contributed by atoms with Crippen molar-refractivity contribution in [3.05, 3.63) is 29.3 Å². The van der Waals surface area contributed by atoms with Gasteiger partial charge in [0.2, 0.25) is 0 Å². The number of urea groups is 1. The summed E-state index contributed by atoms with van der Waals surface area (Å²) in [7, 11) is 0. The zero-order chi connectivity index (χ0) is 15.4. The van der Waals surface area contributed by atoms with Crippen molar-refractivity contribution in [2.75, 3.05) is 11.9 Å². The van der Waals surface area contributed by atoms with Crippen LogP contribution in [0.4, 0.5) is 10.5 Å². The molecule has 21 heavy (non-hydrogen) atoms. The van der Waals surface area contributed by atoms with Gasteiger partial charge in [0.1, 0.15) is 6.54 Å². The number of rotatable bonds is 5. The lowest BCUT2D eigenvalue weighted by Crippen LogP contribution is -2.44. The number of carbonyl (C=O) groups is 2. The van der Waals surface area contributed by atoms with Gasteiger partial charge >= 0.3 is 12.0 Å². The lowest BCUT2D eigenvalue weighted by atomic mass is 10.1. The number of hydrogen-bond acceptors (Lipinski definition) is 2. The fraction of sp³-hybridized carbons (Fsp3) is 0.500. The van der Waals surface area contributed by atoms with Crippen LogP contribution in [0, 0.1) is 0 Å². The molecule has 5 nitrogen and oxygen atoms in total. The van der Waals surface area contributed by atoms with Crippen molar-refractivity contribution >= 4 is 17.7 Å². The number of hydrogen-bond donors (Lipinski definition) is 2. The molecule has 0 saturated heterocycles. The second-order valence-corrected chi connectivity index (χ2v) is 5.55. The summed E-state index contributed by atoms with van der Waals surface area (Å²) in [6.07, 6.45) is 4.01. The Bertz CT molecular complexity index is 542. The van der Waals surface area contributed by atoms with Crippen molar-refractivity contribution < 1.29 is 14.7 Å². The molecule has 0 aliphatic heterocycles. The standard InChI is InChI=1S/C16H22N2O3/c1-3-11(2)18(10-15(19)20)16(21)17-14-8-7-12-5-4-6-13(12)9-14/h7-9,11H,3-6,10H2,1-2H3,(H,17,21)(H,19,20). The zero-order valence-corrected chi connectivity index (χ0v) is 12.6. The molecule has 2 N–H and O–H groups in total. The predicted octanol–water partition coefficient (Wildman–Crippen LogP) is 2.89. The van der Waals surface area contributed by atoms with E-state index in [1.807, 2.05) is 32.0 Å². The highest BCUT2D eigenvalue weighted by Crippen LogP contribution is 2.25. The van der Waals surface area contributed by atoms with Crippen molar-refractivity contribution in [3.8, 4) is 0 Å². The first kappa shape index (κ1) is 15.4. The summed E-state index contributed by atoms with van der Waals surface area (Å²) in [6, 6.07) is 5.45. The maximum absolute atomic E-state index is 12.3. The minimum absolute atomic E-state index is 0.115. The van der Waals surface area contributed by atoms with Crippen LogP contribution in [0.5, 0.6) is 0 Å². The Labute approximate surface area is 125 Å². The van der Waals surface area contributed by atoms with E-state index < -0.39 is 5.97 Å². The zero-order valence-electron chi connectivity index (χ0n) is 12.6. The molecular formula is C16H22N2O3. The molecule has 5 heteroatoms. The molecule has 0 radical (unpaired) electrons. The number of benzene rings is 1. The maximum atomic E-state index is 12.3. The topological polar surface area (TPSA) is 69.6 Å². The number of nitrogens with zero attached hydrogens (tertiary/aromatic N) is 1.